The standard InChI is InChI=1S/C17H16N2O5S/c1-24-17(21)11-10-16(20)19-13-8-6-12(7-9-13)14-4-2-3-5-15(14)25(18,22)23/h2-11H,1H3,(H,19,20)(H2,18,22,23)/b11-10-. The summed E-state index contributed by atoms with van der Waals surface area (Å²) in [4.78, 5) is 22.6. The Labute approximate surface area is 145 Å². The molecular formula is C17H16N2O5S. The predicted octanol–water partition coefficient (Wildman–Crippen LogP) is 1.67. The van der Waals surface area contributed by atoms with Crippen molar-refractivity contribution in [3.8, 4) is 11.1 Å². The van der Waals surface area contributed by atoms with Crippen molar-refractivity contribution in [3.05, 3.63) is 60.7 Å². The second kappa shape index (κ2) is 7.73. The van der Waals surface area contributed by atoms with Gasteiger partial charge in [-0.25, -0.2) is 18.4 Å². The van der Waals surface area contributed by atoms with Gasteiger partial charge >= 0.3 is 5.97 Å². The minimum Gasteiger partial charge on any atom is -0.466 e. The second-order valence-electron chi connectivity index (χ2n) is 4.96. The molecule has 1 amide bonds. The minimum atomic E-state index is -3.85. The van der Waals surface area contributed by atoms with Crippen LogP contribution in [0.15, 0.2) is 65.6 Å². The molecule has 3 N–H and O–H groups in total. The lowest BCUT2D eigenvalue weighted by molar-refractivity contribution is -0.135. The molecule has 2 aromatic carbocycles. The highest BCUT2D eigenvalue weighted by Crippen LogP contribution is 2.27. The van der Waals surface area contributed by atoms with E-state index in [9.17, 15) is 18.0 Å². The first-order chi connectivity index (χ1) is 11.8. The van der Waals surface area contributed by atoms with E-state index in [4.69, 9.17) is 5.14 Å². The van der Waals surface area contributed by atoms with Crippen LogP contribution in [0.25, 0.3) is 11.1 Å². The Morgan fingerprint density at radius 2 is 1.68 bits per heavy atom. The molecule has 7 nitrogen and oxygen atoms in total. The number of amides is 1. The summed E-state index contributed by atoms with van der Waals surface area (Å²) >= 11 is 0. The van der Waals surface area contributed by atoms with Crippen LogP contribution in [0.2, 0.25) is 0 Å². The molecule has 25 heavy (non-hydrogen) atoms. The Morgan fingerprint density at radius 3 is 2.28 bits per heavy atom. The lowest BCUT2D eigenvalue weighted by atomic mass is 10.1. The van der Waals surface area contributed by atoms with Gasteiger partial charge in [0.15, 0.2) is 0 Å². The third-order valence-electron chi connectivity index (χ3n) is 3.23. The van der Waals surface area contributed by atoms with Gasteiger partial charge in [0.05, 0.1) is 12.0 Å². The number of benzene rings is 2. The van der Waals surface area contributed by atoms with Crippen molar-refractivity contribution in [1.82, 2.24) is 0 Å². The molecular weight excluding hydrogens is 344 g/mol. The van der Waals surface area contributed by atoms with E-state index >= 15 is 0 Å². The molecule has 2 rings (SSSR count). The first-order valence-electron chi connectivity index (χ1n) is 7.10. The molecule has 130 valence electrons. The number of nitrogens with two attached hydrogens (primary N) is 1. The molecule has 0 aliphatic rings. The Morgan fingerprint density at radius 1 is 1.04 bits per heavy atom. The van der Waals surface area contributed by atoms with Gasteiger partial charge in [-0.3, -0.25) is 4.79 Å². The molecule has 0 saturated carbocycles. The summed E-state index contributed by atoms with van der Waals surface area (Å²) in [7, 11) is -2.64. The molecule has 0 heterocycles. The Kier molecular flexibility index (Phi) is 5.68. The number of rotatable bonds is 5. The van der Waals surface area contributed by atoms with Gasteiger partial charge in [-0.05, 0) is 23.8 Å². The van der Waals surface area contributed by atoms with Crippen molar-refractivity contribution in [3.63, 3.8) is 0 Å². The molecule has 8 heteroatoms. The number of primary sulfonamides is 1. The summed E-state index contributed by atoms with van der Waals surface area (Å²) < 4.78 is 27.7. The van der Waals surface area contributed by atoms with Crippen molar-refractivity contribution in [1.29, 1.82) is 0 Å². The summed E-state index contributed by atoms with van der Waals surface area (Å²) in [5.41, 5.74) is 1.58. The molecule has 2 aromatic rings. The van der Waals surface area contributed by atoms with Crippen LogP contribution in [0.3, 0.4) is 0 Å². The van der Waals surface area contributed by atoms with E-state index in [2.05, 4.69) is 10.1 Å². The fourth-order valence-corrected chi connectivity index (χ4v) is 2.84. The normalized spacial score (nSPS) is 11.3. The van der Waals surface area contributed by atoms with Gasteiger partial charge < -0.3 is 10.1 Å². The van der Waals surface area contributed by atoms with E-state index in [-0.39, 0.29) is 4.90 Å². The number of carbonyl (C=O) groups excluding carboxylic acids is 2. The average Bonchev–Trinajstić information content (AvgIpc) is 2.59. The van der Waals surface area contributed by atoms with E-state index in [0.29, 0.717) is 16.8 Å². The zero-order valence-corrected chi connectivity index (χ0v) is 14.1. The SMILES string of the molecule is COC(=O)/C=C\C(=O)Nc1ccc(-c2ccccc2S(N)(=O)=O)cc1. The Bertz CT molecular complexity index is 918. The molecule has 0 bridgehead atoms. The molecule has 0 fully saturated rings. The number of hydrogen-bond donors (Lipinski definition) is 2. The molecule has 0 saturated heterocycles. The van der Waals surface area contributed by atoms with Crippen LogP contribution in [-0.4, -0.2) is 27.4 Å². The van der Waals surface area contributed by atoms with Gasteiger partial charge in [0, 0.05) is 23.4 Å². The van der Waals surface area contributed by atoms with Crippen LogP contribution < -0.4 is 10.5 Å². The zero-order chi connectivity index (χ0) is 18.4. The summed E-state index contributed by atoms with van der Waals surface area (Å²) in [6.07, 6.45) is 2.06. The van der Waals surface area contributed by atoms with Crippen molar-refractivity contribution >= 4 is 27.6 Å². The van der Waals surface area contributed by atoms with Gasteiger partial charge in [-0.15, -0.1) is 0 Å². The third kappa shape index (κ3) is 5.00. The highest BCUT2D eigenvalue weighted by atomic mass is 32.2. The maximum absolute atomic E-state index is 11.7. The van der Waals surface area contributed by atoms with Crippen molar-refractivity contribution < 1.29 is 22.7 Å². The van der Waals surface area contributed by atoms with E-state index in [1.54, 1.807) is 42.5 Å². The van der Waals surface area contributed by atoms with Gasteiger partial charge in [0.1, 0.15) is 0 Å². The van der Waals surface area contributed by atoms with E-state index in [1.807, 2.05) is 0 Å². The number of ether oxygens (including phenoxy) is 1. The predicted molar refractivity (Wildman–Crippen MR) is 93.0 cm³/mol. The molecule has 0 unspecified atom stereocenters. The number of hydrogen-bond acceptors (Lipinski definition) is 5. The minimum absolute atomic E-state index is 0.0211. The topological polar surface area (TPSA) is 116 Å². The van der Waals surface area contributed by atoms with Gasteiger partial charge in [0.2, 0.25) is 15.9 Å². The molecule has 0 radical (unpaired) electrons. The number of anilines is 1. The maximum Gasteiger partial charge on any atom is 0.330 e. The van der Waals surface area contributed by atoms with Crippen LogP contribution in [-0.2, 0) is 24.3 Å². The van der Waals surface area contributed by atoms with Crippen molar-refractivity contribution in [2.45, 2.75) is 4.90 Å². The van der Waals surface area contributed by atoms with Crippen LogP contribution in [0.1, 0.15) is 0 Å². The monoisotopic (exact) mass is 360 g/mol. The fourth-order valence-electron chi connectivity index (χ4n) is 2.08. The second-order valence-corrected chi connectivity index (χ2v) is 6.49. The first-order valence-corrected chi connectivity index (χ1v) is 8.65. The van der Waals surface area contributed by atoms with Crippen molar-refractivity contribution in [2.75, 3.05) is 12.4 Å². The molecule has 0 spiro atoms. The number of carbonyl (C=O) groups is 2. The summed E-state index contributed by atoms with van der Waals surface area (Å²) in [5, 5.41) is 7.80. The number of nitrogens with one attached hydrogen (secondary N) is 1. The van der Waals surface area contributed by atoms with Crippen LogP contribution in [0.5, 0.6) is 0 Å². The fraction of sp³-hybridized carbons (Fsp3) is 0.0588. The number of esters is 1. The van der Waals surface area contributed by atoms with Crippen LogP contribution >= 0.6 is 0 Å². The van der Waals surface area contributed by atoms with Crippen molar-refractivity contribution in [2.24, 2.45) is 5.14 Å². The third-order valence-corrected chi connectivity index (χ3v) is 4.20. The lowest BCUT2D eigenvalue weighted by Crippen LogP contribution is -2.13. The van der Waals surface area contributed by atoms with Gasteiger partial charge in [-0.2, -0.15) is 0 Å². The number of methoxy groups -OCH3 is 1. The molecule has 0 aliphatic heterocycles. The quantitative estimate of drug-likeness (QED) is 0.621. The number of sulfonamides is 1. The van der Waals surface area contributed by atoms with Crippen LogP contribution in [0.4, 0.5) is 5.69 Å². The highest BCUT2D eigenvalue weighted by molar-refractivity contribution is 7.89. The van der Waals surface area contributed by atoms with Gasteiger partial charge in [0.25, 0.3) is 0 Å². The zero-order valence-electron chi connectivity index (χ0n) is 13.3. The average molecular weight is 360 g/mol. The lowest BCUT2D eigenvalue weighted by Gasteiger charge is -2.09. The summed E-state index contributed by atoms with van der Waals surface area (Å²) in [6.45, 7) is 0. The Hall–Kier alpha value is -2.97. The molecule has 0 aliphatic carbocycles. The van der Waals surface area contributed by atoms with E-state index < -0.39 is 21.9 Å². The first kappa shape index (κ1) is 18.4. The highest BCUT2D eigenvalue weighted by Gasteiger charge is 2.14. The molecule has 0 aromatic heterocycles. The Balaban J connectivity index is 2.20. The smallest absolute Gasteiger partial charge is 0.330 e. The van der Waals surface area contributed by atoms with E-state index in [1.165, 1.54) is 13.2 Å². The summed E-state index contributed by atoms with van der Waals surface area (Å²) in [5.74, 6) is -1.13. The van der Waals surface area contributed by atoms with E-state index in [0.717, 1.165) is 12.2 Å². The molecule has 0 atom stereocenters. The van der Waals surface area contributed by atoms with Gasteiger partial charge in [-0.1, -0.05) is 30.3 Å². The maximum atomic E-state index is 11.7. The largest absolute Gasteiger partial charge is 0.466 e. The summed E-state index contributed by atoms with van der Waals surface area (Å²) in [6, 6.07) is 12.9. The van der Waals surface area contributed by atoms with Crippen LogP contribution in [0, 0.1) is 0 Å².